The van der Waals surface area contributed by atoms with E-state index in [1.54, 1.807) is 21.9 Å². The molecule has 2 heterocycles. The molecule has 0 bridgehead atoms. The van der Waals surface area contributed by atoms with Crippen LogP contribution in [-0.4, -0.2) is 59.0 Å². The van der Waals surface area contributed by atoms with E-state index in [2.05, 4.69) is 0 Å². The Labute approximate surface area is 197 Å². The molecule has 0 aliphatic carbocycles. The fourth-order valence-electron chi connectivity index (χ4n) is 4.79. The van der Waals surface area contributed by atoms with Crippen LogP contribution in [-0.2, 0) is 9.53 Å². The average Bonchev–Trinajstić information content (AvgIpc) is 3.34. The Morgan fingerprint density at radius 1 is 1.00 bits per heavy atom. The predicted molar refractivity (Wildman–Crippen MR) is 126 cm³/mol. The highest BCUT2D eigenvalue weighted by molar-refractivity contribution is 6.30. The van der Waals surface area contributed by atoms with Crippen molar-refractivity contribution in [2.75, 3.05) is 26.2 Å². The van der Waals surface area contributed by atoms with Gasteiger partial charge in [-0.25, -0.2) is 0 Å². The maximum absolute atomic E-state index is 13.5. The van der Waals surface area contributed by atoms with Gasteiger partial charge in [-0.15, -0.1) is 0 Å². The van der Waals surface area contributed by atoms with Crippen molar-refractivity contribution in [3.63, 3.8) is 0 Å². The molecule has 0 saturated carbocycles. The molecule has 3 aromatic carbocycles. The molecule has 2 amide bonds. The first-order valence-corrected chi connectivity index (χ1v) is 11.6. The van der Waals surface area contributed by atoms with Gasteiger partial charge in [0.05, 0.1) is 18.7 Å². The molecule has 2 saturated heterocycles. The van der Waals surface area contributed by atoms with Gasteiger partial charge in [-0.05, 0) is 42.0 Å². The van der Waals surface area contributed by atoms with Gasteiger partial charge in [0.1, 0.15) is 17.9 Å². The molecule has 3 aromatic rings. The number of rotatable bonds is 3. The molecule has 2 fully saturated rings. The van der Waals surface area contributed by atoms with Crippen LogP contribution in [0.1, 0.15) is 34.9 Å². The maximum Gasteiger partial charge on any atom is 0.258 e. The second-order valence-corrected chi connectivity index (χ2v) is 8.97. The van der Waals surface area contributed by atoms with Crippen LogP contribution in [0.25, 0.3) is 10.8 Å². The van der Waals surface area contributed by atoms with Gasteiger partial charge in [0.25, 0.3) is 5.91 Å². The van der Waals surface area contributed by atoms with E-state index in [0.717, 1.165) is 17.4 Å². The number of fused-ring (bicyclic) bond motifs is 1. The van der Waals surface area contributed by atoms with E-state index in [9.17, 15) is 14.7 Å². The Bertz CT molecular complexity index is 1200. The smallest absolute Gasteiger partial charge is 0.258 e. The summed E-state index contributed by atoms with van der Waals surface area (Å²) >= 11 is 5.99. The summed E-state index contributed by atoms with van der Waals surface area (Å²) < 4.78 is 5.90. The summed E-state index contributed by atoms with van der Waals surface area (Å²) in [5, 5.41) is 12.9. The summed E-state index contributed by atoms with van der Waals surface area (Å²) in [6, 6.07) is 17.8. The third-order valence-corrected chi connectivity index (χ3v) is 6.80. The van der Waals surface area contributed by atoms with Crippen LogP contribution >= 0.6 is 11.6 Å². The van der Waals surface area contributed by atoms with Crippen molar-refractivity contribution in [1.82, 2.24) is 9.80 Å². The van der Waals surface area contributed by atoms with Crippen molar-refractivity contribution >= 4 is 34.2 Å². The lowest BCUT2D eigenvalue weighted by molar-refractivity contribution is -0.143. The van der Waals surface area contributed by atoms with Gasteiger partial charge in [-0.3, -0.25) is 9.59 Å². The second-order valence-electron chi connectivity index (χ2n) is 8.53. The molecule has 6 nitrogen and oxygen atoms in total. The molecule has 1 N–H and O–H groups in total. The average molecular weight is 465 g/mol. The maximum atomic E-state index is 13.5. The van der Waals surface area contributed by atoms with Crippen molar-refractivity contribution in [3.8, 4) is 5.75 Å². The van der Waals surface area contributed by atoms with Gasteiger partial charge in [0.15, 0.2) is 0 Å². The molecule has 170 valence electrons. The van der Waals surface area contributed by atoms with Gasteiger partial charge >= 0.3 is 0 Å². The number of ether oxygens (including phenoxy) is 1. The van der Waals surface area contributed by atoms with Crippen molar-refractivity contribution in [2.45, 2.75) is 25.0 Å². The van der Waals surface area contributed by atoms with Gasteiger partial charge in [-0.2, -0.15) is 0 Å². The Hall–Kier alpha value is -3.09. The lowest BCUT2D eigenvalue weighted by atomic mass is 10.0. The number of nitrogens with zero attached hydrogens (tertiary/aromatic N) is 2. The number of phenols is 1. The third-order valence-electron chi connectivity index (χ3n) is 6.55. The first kappa shape index (κ1) is 21.7. The predicted octanol–water partition coefficient (Wildman–Crippen LogP) is 4.40. The highest BCUT2D eigenvalue weighted by atomic mass is 35.5. The zero-order valence-electron chi connectivity index (χ0n) is 18.1. The molecule has 2 atom stereocenters. The Kier molecular flexibility index (Phi) is 5.96. The molecule has 2 aliphatic heterocycles. The molecule has 0 aromatic heterocycles. The van der Waals surface area contributed by atoms with Crippen LogP contribution < -0.4 is 0 Å². The van der Waals surface area contributed by atoms with E-state index in [-0.39, 0.29) is 29.2 Å². The van der Waals surface area contributed by atoms with Crippen molar-refractivity contribution in [3.05, 3.63) is 76.8 Å². The third kappa shape index (κ3) is 4.16. The number of carbonyl (C=O) groups excluding carboxylic acids is 2. The molecule has 2 aliphatic rings. The summed E-state index contributed by atoms with van der Waals surface area (Å²) in [6.07, 6.45) is 1.14. The number of aromatic hydroxyl groups is 1. The van der Waals surface area contributed by atoms with Crippen molar-refractivity contribution < 1.29 is 19.4 Å². The number of hydrogen-bond acceptors (Lipinski definition) is 4. The van der Waals surface area contributed by atoms with E-state index in [1.807, 2.05) is 48.5 Å². The lowest BCUT2D eigenvalue weighted by Crippen LogP contribution is -2.51. The molecule has 0 radical (unpaired) electrons. The topological polar surface area (TPSA) is 70.1 Å². The monoisotopic (exact) mass is 464 g/mol. The van der Waals surface area contributed by atoms with E-state index < -0.39 is 6.04 Å². The number of hydrogen-bond donors (Lipinski definition) is 1. The van der Waals surface area contributed by atoms with E-state index >= 15 is 0 Å². The first-order valence-electron chi connectivity index (χ1n) is 11.2. The number of likely N-dealkylation sites (tertiary alicyclic amines) is 1. The van der Waals surface area contributed by atoms with Crippen LogP contribution in [0.15, 0.2) is 60.7 Å². The summed E-state index contributed by atoms with van der Waals surface area (Å²) in [6.45, 7) is 1.85. The van der Waals surface area contributed by atoms with Gasteiger partial charge < -0.3 is 19.6 Å². The largest absolute Gasteiger partial charge is 0.506 e. The highest BCUT2D eigenvalue weighted by Gasteiger charge is 2.39. The molecule has 7 heteroatoms. The summed E-state index contributed by atoms with van der Waals surface area (Å²) in [5.74, 6) is -0.412. The van der Waals surface area contributed by atoms with Crippen molar-refractivity contribution in [2.24, 2.45) is 0 Å². The number of morpholine rings is 1. The minimum Gasteiger partial charge on any atom is -0.506 e. The Morgan fingerprint density at radius 3 is 2.61 bits per heavy atom. The van der Waals surface area contributed by atoms with Gasteiger partial charge in [0, 0.05) is 23.5 Å². The number of carbonyl (C=O) groups is 2. The number of phenolic OH excluding ortho intramolecular Hbond substituents is 1. The number of amides is 2. The molecular formula is C26H25ClN2O4. The van der Waals surface area contributed by atoms with E-state index in [1.165, 1.54) is 0 Å². The van der Waals surface area contributed by atoms with E-state index in [4.69, 9.17) is 16.3 Å². The minimum absolute atomic E-state index is 0.0367. The zero-order valence-corrected chi connectivity index (χ0v) is 18.9. The van der Waals surface area contributed by atoms with Gasteiger partial charge in [0.2, 0.25) is 5.91 Å². The number of benzene rings is 3. The van der Waals surface area contributed by atoms with Gasteiger partial charge in [-0.1, -0.05) is 54.1 Å². The standard InChI is InChI=1S/C26H25ClN2O4/c27-19-10-7-18(8-11-19)23-16-28(14-15-33-23)26(32)22-6-3-13-29(22)25(31)21-12-9-17-4-1-2-5-20(17)24(21)30/h1-2,4-5,7-12,22-23,30H,3,6,13-16H2. The minimum atomic E-state index is -0.535. The zero-order chi connectivity index (χ0) is 22.9. The Balaban J connectivity index is 1.35. The fraction of sp³-hybridized carbons (Fsp3) is 0.308. The molecule has 5 rings (SSSR count). The van der Waals surface area contributed by atoms with Crippen LogP contribution in [0.3, 0.4) is 0 Å². The van der Waals surface area contributed by atoms with E-state index in [0.29, 0.717) is 43.1 Å². The number of halogens is 1. The second kappa shape index (κ2) is 9.04. The van der Waals surface area contributed by atoms with Crippen molar-refractivity contribution in [1.29, 1.82) is 0 Å². The Morgan fingerprint density at radius 2 is 1.79 bits per heavy atom. The van der Waals surface area contributed by atoms with Crippen LogP contribution in [0, 0.1) is 0 Å². The first-order chi connectivity index (χ1) is 16.0. The fourth-order valence-corrected chi connectivity index (χ4v) is 4.91. The van der Waals surface area contributed by atoms with Crippen LogP contribution in [0.4, 0.5) is 0 Å². The SMILES string of the molecule is O=C(C1CCCN1C(=O)c1ccc2ccccc2c1O)N1CCOC(c2ccc(Cl)cc2)C1. The quantitative estimate of drug-likeness (QED) is 0.623. The molecular weight excluding hydrogens is 440 g/mol. The molecule has 0 spiro atoms. The van der Waals surface area contributed by atoms with Crippen LogP contribution in [0.2, 0.25) is 5.02 Å². The highest BCUT2D eigenvalue weighted by Crippen LogP contribution is 2.32. The summed E-state index contributed by atoms with van der Waals surface area (Å²) in [7, 11) is 0. The normalized spacial score (nSPS) is 20.9. The summed E-state index contributed by atoms with van der Waals surface area (Å²) in [4.78, 5) is 30.3. The van der Waals surface area contributed by atoms with Crippen LogP contribution in [0.5, 0.6) is 5.75 Å². The lowest BCUT2D eigenvalue weighted by Gasteiger charge is -2.36. The molecule has 33 heavy (non-hydrogen) atoms. The molecule has 2 unspecified atom stereocenters. The summed E-state index contributed by atoms with van der Waals surface area (Å²) in [5.41, 5.74) is 1.20.